The first-order valence-electron chi connectivity index (χ1n) is 7.15. The summed E-state index contributed by atoms with van der Waals surface area (Å²) in [7, 11) is 0. The number of nitrogens with zero attached hydrogens (tertiary/aromatic N) is 1. The van der Waals surface area contributed by atoms with Gasteiger partial charge in [-0.3, -0.25) is 4.99 Å². The number of nitrogens with one attached hydrogen (secondary N) is 1. The molecule has 0 radical (unpaired) electrons. The second kappa shape index (κ2) is 8.50. The maximum Gasteiger partial charge on any atom is 0.465 e. The fraction of sp³-hybridized carbons (Fsp3) is 0.467. The lowest BCUT2D eigenvalue weighted by Crippen LogP contribution is -2.43. The van der Waals surface area contributed by atoms with Gasteiger partial charge < -0.3 is 10.4 Å². The fourth-order valence-electron chi connectivity index (χ4n) is 1.78. The molecule has 1 aromatic rings. The second-order valence-electron chi connectivity index (χ2n) is 5.16. The van der Waals surface area contributed by atoms with Gasteiger partial charge in [0.2, 0.25) is 0 Å². The number of halogens is 5. The highest BCUT2D eigenvalue weighted by Crippen LogP contribution is 2.35. The minimum atomic E-state index is -6.02. The van der Waals surface area contributed by atoms with Crippen molar-refractivity contribution in [2.24, 2.45) is 4.99 Å². The van der Waals surface area contributed by atoms with Crippen molar-refractivity contribution in [3.8, 4) is 0 Å². The van der Waals surface area contributed by atoms with E-state index in [4.69, 9.17) is 5.11 Å². The Labute approximate surface area is 145 Å². The molecule has 2 rings (SSSR count). The normalized spacial score (nSPS) is 14.9. The van der Waals surface area contributed by atoms with E-state index in [0.29, 0.717) is 0 Å². The number of rotatable bonds is 2. The van der Waals surface area contributed by atoms with Crippen LogP contribution in [0.25, 0.3) is 0 Å². The molecular formula is C15H17F5N2O2S. The summed E-state index contributed by atoms with van der Waals surface area (Å²) in [5, 5.41) is 11.8. The number of carboxylic acid groups (broad SMARTS) is 1. The molecule has 1 heterocycles. The van der Waals surface area contributed by atoms with Gasteiger partial charge in [0.05, 0.1) is 0 Å². The van der Waals surface area contributed by atoms with Crippen LogP contribution in [-0.4, -0.2) is 40.6 Å². The molecule has 0 saturated carbocycles. The molecule has 0 atom stereocenters. The molecule has 1 aromatic carbocycles. The van der Waals surface area contributed by atoms with Crippen LogP contribution >= 0.6 is 11.8 Å². The van der Waals surface area contributed by atoms with Gasteiger partial charge in [0.1, 0.15) is 0 Å². The Bertz CT molecular complexity index is 627. The van der Waals surface area contributed by atoms with Crippen molar-refractivity contribution in [3.05, 3.63) is 29.3 Å². The summed E-state index contributed by atoms with van der Waals surface area (Å²) < 4.78 is 55.5. The molecule has 0 bridgehead atoms. The number of carbonyl (C=O) groups is 1. The van der Waals surface area contributed by atoms with Gasteiger partial charge in [-0.1, -0.05) is 30.0 Å². The number of aliphatic carboxylic acids is 1. The molecule has 0 unspecified atom stereocenters. The van der Waals surface area contributed by atoms with Gasteiger partial charge in [-0.15, -0.1) is 0 Å². The Morgan fingerprint density at radius 3 is 2.12 bits per heavy atom. The zero-order valence-electron chi connectivity index (χ0n) is 13.5. The first-order valence-corrected chi connectivity index (χ1v) is 8.13. The van der Waals surface area contributed by atoms with Crippen molar-refractivity contribution in [2.45, 2.75) is 32.4 Å². The standard InChI is InChI=1S/C12H16N2S.C3HF5O2/c1-9-5-3-6-10(2)11(9)14-12-13-7-4-8-15-12;4-2(5,1(9)10)3(6,7)8/h3,5-6H,4,7-8H2,1-2H3,(H,13,14);(H,9,10). The van der Waals surface area contributed by atoms with E-state index in [1.807, 2.05) is 11.8 Å². The van der Waals surface area contributed by atoms with Crippen LogP contribution in [0.5, 0.6) is 0 Å². The molecule has 0 aliphatic carbocycles. The predicted octanol–water partition coefficient (Wildman–Crippen LogP) is 4.48. The number of hydrogen-bond donors (Lipinski definition) is 2. The number of hydrogen-bond acceptors (Lipinski definition) is 4. The summed E-state index contributed by atoms with van der Waals surface area (Å²) in [4.78, 5) is 13.7. The lowest BCUT2D eigenvalue weighted by molar-refractivity contribution is -0.277. The molecule has 4 nitrogen and oxygen atoms in total. The molecule has 0 amide bonds. The van der Waals surface area contributed by atoms with E-state index in [1.54, 1.807) is 0 Å². The molecular weight excluding hydrogens is 367 g/mol. The number of carboxylic acids is 1. The molecule has 0 spiro atoms. The van der Waals surface area contributed by atoms with Gasteiger partial charge in [-0.25, -0.2) is 4.79 Å². The summed E-state index contributed by atoms with van der Waals surface area (Å²) in [6.45, 7) is 5.22. The third kappa shape index (κ3) is 5.87. The first kappa shape index (κ1) is 21.2. The van der Waals surface area contributed by atoms with Crippen LogP contribution in [0, 0.1) is 13.8 Å². The van der Waals surface area contributed by atoms with Gasteiger partial charge in [-0.2, -0.15) is 22.0 Å². The number of alkyl halides is 5. The van der Waals surface area contributed by atoms with E-state index in [9.17, 15) is 26.7 Å². The topological polar surface area (TPSA) is 61.7 Å². The highest BCUT2D eigenvalue weighted by Gasteiger charge is 2.64. The molecule has 1 aliphatic rings. The fourth-order valence-corrected chi connectivity index (χ4v) is 2.60. The Kier molecular flexibility index (Phi) is 7.21. The Hall–Kier alpha value is -1.84. The van der Waals surface area contributed by atoms with Gasteiger partial charge in [-0.05, 0) is 31.4 Å². The van der Waals surface area contributed by atoms with Crippen molar-refractivity contribution in [3.63, 3.8) is 0 Å². The number of para-hydroxylation sites is 1. The van der Waals surface area contributed by atoms with Gasteiger partial charge in [0.25, 0.3) is 0 Å². The smallest absolute Gasteiger partial charge is 0.465 e. The molecule has 0 saturated heterocycles. The molecule has 140 valence electrons. The molecule has 0 fully saturated rings. The lowest BCUT2D eigenvalue weighted by atomic mass is 10.1. The second-order valence-corrected chi connectivity index (χ2v) is 6.24. The van der Waals surface area contributed by atoms with Crippen molar-refractivity contribution >= 4 is 28.6 Å². The third-order valence-electron chi connectivity index (χ3n) is 3.13. The largest absolute Gasteiger partial charge is 0.477 e. The van der Waals surface area contributed by atoms with Crippen LogP contribution in [0.2, 0.25) is 0 Å². The van der Waals surface area contributed by atoms with Crippen LogP contribution in [0.4, 0.5) is 27.6 Å². The first-order chi connectivity index (χ1) is 11.5. The van der Waals surface area contributed by atoms with Crippen LogP contribution < -0.4 is 5.32 Å². The van der Waals surface area contributed by atoms with Crippen LogP contribution in [0.15, 0.2) is 23.2 Å². The highest BCUT2D eigenvalue weighted by molar-refractivity contribution is 8.14. The van der Waals surface area contributed by atoms with Crippen LogP contribution in [0.3, 0.4) is 0 Å². The number of aliphatic imine (C=N–C) groups is 1. The van der Waals surface area contributed by atoms with Gasteiger partial charge in [0, 0.05) is 18.0 Å². The Morgan fingerprint density at radius 1 is 1.20 bits per heavy atom. The van der Waals surface area contributed by atoms with Gasteiger partial charge in [0.15, 0.2) is 5.17 Å². The summed E-state index contributed by atoms with van der Waals surface area (Å²) in [5.74, 6) is -7.66. The van der Waals surface area contributed by atoms with Crippen molar-refractivity contribution in [1.82, 2.24) is 0 Å². The number of amidine groups is 1. The molecule has 10 heteroatoms. The van der Waals surface area contributed by atoms with E-state index in [0.717, 1.165) is 11.7 Å². The molecule has 2 N–H and O–H groups in total. The Balaban J connectivity index is 0.000000275. The van der Waals surface area contributed by atoms with Crippen molar-refractivity contribution in [1.29, 1.82) is 0 Å². The average Bonchev–Trinajstić information content (AvgIpc) is 2.51. The molecule has 1 aliphatic heterocycles. The minimum absolute atomic E-state index is 0.959. The maximum absolute atomic E-state index is 11.3. The predicted molar refractivity (Wildman–Crippen MR) is 87.6 cm³/mol. The zero-order valence-corrected chi connectivity index (χ0v) is 14.3. The van der Waals surface area contributed by atoms with Crippen molar-refractivity contribution < 1.29 is 31.9 Å². The molecule has 0 aromatic heterocycles. The van der Waals surface area contributed by atoms with E-state index < -0.39 is 18.1 Å². The zero-order chi connectivity index (χ0) is 19.3. The minimum Gasteiger partial charge on any atom is -0.477 e. The number of thioether (sulfide) groups is 1. The van der Waals surface area contributed by atoms with Crippen molar-refractivity contribution in [2.75, 3.05) is 17.6 Å². The van der Waals surface area contributed by atoms with Gasteiger partial charge >= 0.3 is 18.1 Å². The van der Waals surface area contributed by atoms with E-state index >= 15 is 0 Å². The quantitative estimate of drug-likeness (QED) is 0.739. The SMILES string of the molecule is Cc1cccc(C)c1NC1=NCCCS1.O=C(O)C(F)(F)C(F)(F)F. The van der Waals surface area contributed by atoms with E-state index in [2.05, 4.69) is 42.4 Å². The summed E-state index contributed by atoms with van der Waals surface area (Å²) in [6, 6.07) is 6.35. The Morgan fingerprint density at radius 2 is 1.76 bits per heavy atom. The van der Waals surface area contributed by atoms with Crippen LogP contribution in [-0.2, 0) is 4.79 Å². The van der Waals surface area contributed by atoms with Crippen LogP contribution in [0.1, 0.15) is 17.5 Å². The molecule has 25 heavy (non-hydrogen) atoms. The number of anilines is 1. The van der Waals surface area contributed by atoms with E-state index in [1.165, 1.54) is 29.0 Å². The lowest BCUT2D eigenvalue weighted by Gasteiger charge is -2.16. The summed E-state index contributed by atoms with van der Waals surface area (Å²) in [5.41, 5.74) is 3.78. The number of aryl methyl sites for hydroxylation is 2. The summed E-state index contributed by atoms with van der Waals surface area (Å²) >= 11 is 1.81. The maximum atomic E-state index is 11.3. The monoisotopic (exact) mass is 384 g/mol. The highest BCUT2D eigenvalue weighted by atomic mass is 32.2. The number of benzene rings is 1. The average molecular weight is 384 g/mol. The van der Waals surface area contributed by atoms with E-state index in [-0.39, 0.29) is 0 Å². The summed E-state index contributed by atoms with van der Waals surface area (Å²) in [6.07, 6.45) is -4.82. The third-order valence-corrected chi connectivity index (χ3v) is 4.13.